The normalized spacial score (nSPS) is 22.6. The fraction of sp³-hybridized carbons (Fsp3) is 0.531. The Balaban J connectivity index is 1.09. The molecule has 3 fully saturated rings. The second-order valence-corrected chi connectivity index (χ2v) is 11.6. The van der Waals surface area contributed by atoms with Crippen LogP contribution in [0.2, 0.25) is 0 Å². The van der Waals surface area contributed by atoms with Gasteiger partial charge in [-0.15, -0.1) is 0 Å². The summed E-state index contributed by atoms with van der Waals surface area (Å²) < 4.78 is 7.68. The van der Waals surface area contributed by atoms with Crippen LogP contribution in [0.5, 0.6) is 0 Å². The fourth-order valence-corrected chi connectivity index (χ4v) is 6.77. The molecule has 6 rings (SSSR count). The standard InChI is InChI=1S/C32H40N4O3/c37-31(34-27-8-2-1-3-9-27)26-7-4-6-25(20-26)24-13-11-23(12-14-24)21-36-22-28(30-29(36)10-5-15-33-30)32(38)35-16-18-39-19-17-35/h4-7,10,15,20,22-24,27H,1-3,8-9,11-14,16-19,21H2,(H,34,37). The molecule has 0 atom stereocenters. The second-order valence-electron chi connectivity index (χ2n) is 11.6. The highest BCUT2D eigenvalue weighted by Crippen LogP contribution is 2.37. The number of hydrogen-bond acceptors (Lipinski definition) is 4. The van der Waals surface area contributed by atoms with Crippen molar-refractivity contribution in [2.24, 2.45) is 5.92 Å². The molecule has 206 valence electrons. The molecule has 0 spiro atoms. The predicted molar refractivity (Wildman–Crippen MR) is 152 cm³/mol. The van der Waals surface area contributed by atoms with Crippen molar-refractivity contribution in [3.05, 3.63) is 65.5 Å². The summed E-state index contributed by atoms with van der Waals surface area (Å²) in [5.74, 6) is 1.18. The first-order valence-electron chi connectivity index (χ1n) is 14.9. The molecule has 1 N–H and O–H groups in total. The van der Waals surface area contributed by atoms with E-state index in [2.05, 4.69) is 33.1 Å². The number of nitrogens with zero attached hydrogens (tertiary/aromatic N) is 3. The number of fused-ring (bicyclic) bond motifs is 1. The molecule has 3 aliphatic rings. The topological polar surface area (TPSA) is 76.5 Å². The van der Waals surface area contributed by atoms with Crippen molar-refractivity contribution in [2.45, 2.75) is 76.3 Å². The number of rotatable bonds is 6. The molecule has 7 nitrogen and oxygen atoms in total. The third-order valence-electron chi connectivity index (χ3n) is 9.03. The summed E-state index contributed by atoms with van der Waals surface area (Å²) in [6.07, 6.45) is 14.2. The van der Waals surface area contributed by atoms with E-state index in [0.29, 0.717) is 49.7 Å². The summed E-state index contributed by atoms with van der Waals surface area (Å²) in [4.78, 5) is 32.7. The van der Waals surface area contributed by atoms with Crippen LogP contribution in [0.4, 0.5) is 0 Å². The molecular weight excluding hydrogens is 488 g/mol. The first kappa shape index (κ1) is 26.1. The maximum Gasteiger partial charge on any atom is 0.257 e. The van der Waals surface area contributed by atoms with E-state index in [1.807, 2.05) is 29.3 Å². The quantitative estimate of drug-likeness (QED) is 0.455. The molecular formula is C32H40N4O3. The Bertz CT molecular complexity index is 1300. The third-order valence-corrected chi connectivity index (χ3v) is 9.03. The van der Waals surface area contributed by atoms with Crippen molar-refractivity contribution >= 4 is 22.8 Å². The van der Waals surface area contributed by atoms with E-state index in [9.17, 15) is 9.59 Å². The van der Waals surface area contributed by atoms with Crippen LogP contribution < -0.4 is 5.32 Å². The summed E-state index contributed by atoms with van der Waals surface area (Å²) in [5, 5.41) is 3.26. The number of hydrogen-bond donors (Lipinski definition) is 1. The molecule has 0 radical (unpaired) electrons. The lowest BCUT2D eigenvalue weighted by molar-refractivity contribution is 0.0304. The zero-order valence-corrected chi connectivity index (χ0v) is 22.8. The Morgan fingerprint density at radius 2 is 1.74 bits per heavy atom. The molecule has 3 heterocycles. The van der Waals surface area contributed by atoms with Gasteiger partial charge >= 0.3 is 0 Å². The van der Waals surface area contributed by atoms with Crippen LogP contribution in [0.3, 0.4) is 0 Å². The minimum atomic E-state index is 0.0527. The van der Waals surface area contributed by atoms with Gasteiger partial charge < -0.3 is 19.5 Å². The molecule has 7 heteroatoms. The molecule has 0 bridgehead atoms. The summed E-state index contributed by atoms with van der Waals surface area (Å²) in [6.45, 7) is 3.34. The fourth-order valence-electron chi connectivity index (χ4n) is 6.77. The lowest BCUT2D eigenvalue weighted by atomic mass is 9.78. The average Bonchev–Trinajstić information content (AvgIpc) is 3.36. The van der Waals surface area contributed by atoms with E-state index in [-0.39, 0.29) is 11.8 Å². The van der Waals surface area contributed by atoms with Crippen LogP contribution in [0, 0.1) is 5.92 Å². The van der Waals surface area contributed by atoms with Crippen molar-refractivity contribution in [3.8, 4) is 0 Å². The van der Waals surface area contributed by atoms with E-state index in [1.54, 1.807) is 6.20 Å². The predicted octanol–water partition coefficient (Wildman–Crippen LogP) is 5.55. The number of carbonyl (C=O) groups excluding carboxylic acids is 2. The van der Waals surface area contributed by atoms with Gasteiger partial charge in [0.1, 0.15) is 5.52 Å². The van der Waals surface area contributed by atoms with Gasteiger partial charge in [-0.3, -0.25) is 14.6 Å². The number of morpholine rings is 1. The molecule has 2 aromatic heterocycles. The van der Waals surface area contributed by atoms with E-state index in [1.165, 1.54) is 24.8 Å². The summed E-state index contributed by atoms with van der Waals surface area (Å²) in [5.41, 5.74) is 4.62. The highest BCUT2D eigenvalue weighted by molar-refractivity contribution is 6.05. The summed E-state index contributed by atoms with van der Waals surface area (Å²) >= 11 is 0. The number of ether oxygens (including phenoxy) is 1. The maximum absolute atomic E-state index is 13.3. The maximum atomic E-state index is 13.3. The van der Waals surface area contributed by atoms with Gasteiger partial charge in [0.2, 0.25) is 0 Å². The second kappa shape index (κ2) is 11.9. The Kier molecular flexibility index (Phi) is 7.95. The molecule has 3 aromatic rings. The van der Waals surface area contributed by atoms with Crippen molar-refractivity contribution in [1.82, 2.24) is 19.8 Å². The number of nitrogens with one attached hydrogen (secondary N) is 1. The average molecular weight is 529 g/mol. The zero-order valence-electron chi connectivity index (χ0n) is 22.8. The largest absolute Gasteiger partial charge is 0.378 e. The van der Waals surface area contributed by atoms with Crippen LogP contribution in [0.25, 0.3) is 11.0 Å². The monoisotopic (exact) mass is 528 g/mol. The first-order valence-corrected chi connectivity index (χ1v) is 14.9. The van der Waals surface area contributed by atoms with Gasteiger partial charge in [0, 0.05) is 43.6 Å². The number of amides is 2. The van der Waals surface area contributed by atoms with Crippen LogP contribution in [0.15, 0.2) is 48.8 Å². The van der Waals surface area contributed by atoms with Crippen LogP contribution in [0.1, 0.15) is 90.0 Å². The lowest BCUT2D eigenvalue weighted by Crippen LogP contribution is -2.40. The summed E-state index contributed by atoms with van der Waals surface area (Å²) in [7, 11) is 0. The number of aromatic nitrogens is 2. The van der Waals surface area contributed by atoms with Crippen molar-refractivity contribution < 1.29 is 14.3 Å². The number of carbonyl (C=O) groups is 2. The van der Waals surface area contributed by atoms with Gasteiger partial charge in [0.05, 0.1) is 24.3 Å². The van der Waals surface area contributed by atoms with E-state index < -0.39 is 0 Å². The first-order chi connectivity index (χ1) is 19.2. The van der Waals surface area contributed by atoms with Gasteiger partial charge in [0.15, 0.2) is 0 Å². The van der Waals surface area contributed by atoms with Crippen LogP contribution in [-0.4, -0.2) is 58.6 Å². The van der Waals surface area contributed by atoms with Gasteiger partial charge in [-0.2, -0.15) is 0 Å². The Morgan fingerprint density at radius 3 is 2.54 bits per heavy atom. The molecule has 2 aliphatic carbocycles. The molecule has 0 unspecified atom stereocenters. The summed E-state index contributed by atoms with van der Waals surface area (Å²) in [6, 6.07) is 12.7. The van der Waals surface area contributed by atoms with Gasteiger partial charge in [-0.1, -0.05) is 31.4 Å². The van der Waals surface area contributed by atoms with Crippen molar-refractivity contribution in [3.63, 3.8) is 0 Å². The third kappa shape index (κ3) is 5.88. The highest BCUT2D eigenvalue weighted by atomic mass is 16.5. The minimum Gasteiger partial charge on any atom is -0.378 e. The Morgan fingerprint density at radius 1 is 0.949 bits per heavy atom. The Hall–Kier alpha value is -3.19. The highest BCUT2D eigenvalue weighted by Gasteiger charge is 2.27. The van der Waals surface area contributed by atoms with Crippen LogP contribution >= 0.6 is 0 Å². The van der Waals surface area contributed by atoms with E-state index in [4.69, 9.17) is 4.74 Å². The molecule has 1 aromatic carbocycles. The van der Waals surface area contributed by atoms with Gasteiger partial charge in [-0.05, 0) is 80.2 Å². The van der Waals surface area contributed by atoms with E-state index in [0.717, 1.165) is 61.7 Å². The zero-order chi connectivity index (χ0) is 26.6. The minimum absolute atomic E-state index is 0.0527. The van der Waals surface area contributed by atoms with Crippen molar-refractivity contribution in [2.75, 3.05) is 26.3 Å². The molecule has 2 amide bonds. The molecule has 39 heavy (non-hydrogen) atoms. The smallest absolute Gasteiger partial charge is 0.257 e. The Labute approximate surface area is 230 Å². The van der Waals surface area contributed by atoms with Crippen LogP contribution in [-0.2, 0) is 11.3 Å². The lowest BCUT2D eigenvalue weighted by Gasteiger charge is -2.29. The van der Waals surface area contributed by atoms with Gasteiger partial charge in [0.25, 0.3) is 11.8 Å². The number of pyridine rings is 1. The van der Waals surface area contributed by atoms with E-state index >= 15 is 0 Å². The van der Waals surface area contributed by atoms with Gasteiger partial charge in [-0.25, -0.2) is 0 Å². The number of benzene rings is 1. The SMILES string of the molecule is O=C(NC1CCCCC1)c1cccc(C2CCC(Cn3cc(C(=O)N4CCOCC4)c4ncccc43)CC2)c1. The molecule has 1 aliphatic heterocycles. The van der Waals surface area contributed by atoms with Crippen molar-refractivity contribution in [1.29, 1.82) is 0 Å². The molecule has 2 saturated carbocycles. The molecule has 1 saturated heterocycles.